The fourth-order valence-corrected chi connectivity index (χ4v) is 2.09. The first-order valence-corrected chi connectivity index (χ1v) is 6.98. The van der Waals surface area contributed by atoms with E-state index in [2.05, 4.69) is 20.9 Å². The summed E-state index contributed by atoms with van der Waals surface area (Å²) in [6.07, 6.45) is 3.31. The van der Waals surface area contributed by atoms with Crippen molar-refractivity contribution in [1.29, 1.82) is 0 Å². The lowest BCUT2D eigenvalue weighted by molar-refractivity contribution is 0.177. The van der Waals surface area contributed by atoms with Crippen LogP contribution in [0.2, 0.25) is 0 Å². The van der Waals surface area contributed by atoms with Crippen molar-refractivity contribution in [3.63, 3.8) is 0 Å². The lowest BCUT2D eigenvalue weighted by atomic mass is 10.0. The summed E-state index contributed by atoms with van der Waals surface area (Å²) in [5.74, 6) is 0.690. The minimum atomic E-state index is -0.575. The summed E-state index contributed by atoms with van der Waals surface area (Å²) in [6, 6.07) is 9.76. The zero-order valence-corrected chi connectivity index (χ0v) is 12.3. The van der Waals surface area contributed by atoms with E-state index in [-0.39, 0.29) is 0 Å². The second-order valence-electron chi connectivity index (χ2n) is 4.23. The first-order chi connectivity index (χ1) is 9.19. The summed E-state index contributed by atoms with van der Waals surface area (Å²) in [5, 5.41) is 10.2. The van der Waals surface area contributed by atoms with Gasteiger partial charge < -0.3 is 9.84 Å². The molecule has 0 bridgehead atoms. The molecule has 19 heavy (non-hydrogen) atoms. The predicted molar refractivity (Wildman–Crippen MR) is 78.2 cm³/mol. The molecule has 1 unspecified atom stereocenters. The monoisotopic (exact) mass is 321 g/mol. The Morgan fingerprint density at radius 1 is 1.26 bits per heavy atom. The Morgan fingerprint density at radius 2 is 2.00 bits per heavy atom. The normalized spacial score (nSPS) is 12.2. The highest BCUT2D eigenvalue weighted by Gasteiger charge is 2.10. The highest BCUT2D eigenvalue weighted by molar-refractivity contribution is 9.10. The van der Waals surface area contributed by atoms with Crippen LogP contribution in [0.15, 0.2) is 47.2 Å². The summed E-state index contributed by atoms with van der Waals surface area (Å²) in [4.78, 5) is 4.09. The van der Waals surface area contributed by atoms with E-state index in [0.717, 1.165) is 15.6 Å². The van der Waals surface area contributed by atoms with E-state index < -0.39 is 6.10 Å². The maximum Gasteiger partial charge on any atom is 0.137 e. The molecule has 100 valence electrons. The fourth-order valence-electron chi connectivity index (χ4n) is 1.83. The molecule has 2 rings (SSSR count). The molecule has 0 saturated carbocycles. The lowest BCUT2D eigenvalue weighted by Gasteiger charge is -2.12. The van der Waals surface area contributed by atoms with Crippen LogP contribution in [0.3, 0.4) is 0 Å². The van der Waals surface area contributed by atoms with Gasteiger partial charge in [-0.3, -0.25) is 4.98 Å². The summed E-state index contributed by atoms with van der Waals surface area (Å²) in [6.45, 7) is 2.51. The molecule has 0 aliphatic heterocycles. The average Bonchev–Trinajstić information content (AvgIpc) is 2.42. The standard InChI is InChI=1S/C15H16BrNO2/c1-2-19-14-8-12(9-17-10-14)15(18)7-11-3-5-13(16)6-4-11/h3-6,8-10,15,18H,2,7H2,1H3. The summed E-state index contributed by atoms with van der Waals surface area (Å²) < 4.78 is 6.42. The van der Waals surface area contributed by atoms with E-state index in [0.29, 0.717) is 18.8 Å². The Bertz CT molecular complexity index is 528. The zero-order valence-electron chi connectivity index (χ0n) is 10.7. The van der Waals surface area contributed by atoms with Crippen molar-refractivity contribution in [1.82, 2.24) is 4.98 Å². The highest BCUT2D eigenvalue weighted by Crippen LogP contribution is 2.22. The summed E-state index contributed by atoms with van der Waals surface area (Å²) >= 11 is 3.39. The molecular weight excluding hydrogens is 306 g/mol. The van der Waals surface area contributed by atoms with Crippen molar-refractivity contribution in [3.8, 4) is 5.75 Å². The Morgan fingerprint density at radius 3 is 2.68 bits per heavy atom. The number of aliphatic hydroxyl groups is 1. The quantitative estimate of drug-likeness (QED) is 0.916. The Kier molecular flexibility index (Phi) is 4.93. The first-order valence-electron chi connectivity index (χ1n) is 6.19. The molecule has 1 atom stereocenters. The number of hydrogen-bond acceptors (Lipinski definition) is 3. The van der Waals surface area contributed by atoms with Gasteiger partial charge in [-0.1, -0.05) is 28.1 Å². The molecule has 4 heteroatoms. The largest absolute Gasteiger partial charge is 0.492 e. The van der Waals surface area contributed by atoms with E-state index in [1.54, 1.807) is 12.4 Å². The van der Waals surface area contributed by atoms with Crippen LogP contribution < -0.4 is 4.74 Å². The van der Waals surface area contributed by atoms with Gasteiger partial charge in [0.15, 0.2) is 0 Å². The molecule has 1 aromatic heterocycles. The molecule has 0 saturated heterocycles. The van der Waals surface area contributed by atoms with Gasteiger partial charge >= 0.3 is 0 Å². The lowest BCUT2D eigenvalue weighted by Crippen LogP contribution is -2.03. The maximum atomic E-state index is 10.2. The van der Waals surface area contributed by atoms with Crippen LogP contribution in [0.4, 0.5) is 0 Å². The molecule has 0 fully saturated rings. The molecular formula is C15H16BrNO2. The number of hydrogen-bond donors (Lipinski definition) is 1. The number of benzene rings is 1. The van der Waals surface area contributed by atoms with Crippen LogP contribution in [0, 0.1) is 0 Å². The minimum absolute atomic E-state index is 0.560. The van der Waals surface area contributed by atoms with Crippen molar-refractivity contribution in [2.24, 2.45) is 0 Å². The van der Waals surface area contributed by atoms with E-state index in [1.165, 1.54) is 0 Å². The Hall–Kier alpha value is -1.39. The maximum absolute atomic E-state index is 10.2. The predicted octanol–water partition coefficient (Wildman–Crippen LogP) is 3.52. The molecule has 3 nitrogen and oxygen atoms in total. The fraction of sp³-hybridized carbons (Fsp3) is 0.267. The third-order valence-electron chi connectivity index (χ3n) is 2.77. The second kappa shape index (κ2) is 6.68. The number of rotatable bonds is 5. The van der Waals surface area contributed by atoms with Crippen molar-refractivity contribution in [2.45, 2.75) is 19.4 Å². The number of nitrogens with zero attached hydrogens (tertiary/aromatic N) is 1. The SMILES string of the molecule is CCOc1cncc(C(O)Cc2ccc(Br)cc2)c1. The van der Waals surface area contributed by atoms with Gasteiger partial charge in [0.05, 0.1) is 18.9 Å². The molecule has 0 spiro atoms. The van der Waals surface area contributed by atoms with E-state index in [9.17, 15) is 5.11 Å². The smallest absolute Gasteiger partial charge is 0.137 e. The van der Waals surface area contributed by atoms with E-state index in [1.807, 2.05) is 37.3 Å². The van der Waals surface area contributed by atoms with Crippen LogP contribution in [-0.4, -0.2) is 16.7 Å². The van der Waals surface area contributed by atoms with Crippen LogP contribution in [-0.2, 0) is 6.42 Å². The molecule has 1 N–H and O–H groups in total. The zero-order chi connectivity index (χ0) is 13.7. The van der Waals surface area contributed by atoms with Gasteiger partial charge in [0.25, 0.3) is 0 Å². The third-order valence-corrected chi connectivity index (χ3v) is 3.30. The molecule has 0 amide bonds. The first kappa shape index (κ1) is 14.0. The second-order valence-corrected chi connectivity index (χ2v) is 5.15. The topological polar surface area (TPSA) is 42.4 Å². The van der Waals surface area contributed by atoms with Crippen molar-refractivity contribution in [2.75, 3.05) is 6.61 Å². The molecule has 1 heterocycles. The average molecular weight is 322 g/mol. The van der Waals surface area contributed by atoms with Gasteiger partial charge in [-0.05, 0) is 30.7 Å². The number of pyridine rings is 1. The van der Waals surface area contributed by atoms with Gasteiger partial charge in [-0.25, -0.2) is 0 Å². The van der Waals surface area contributed by atoms with Crippen molar-refractivity contribution in [3.05, 3.63) is 58.3 Å². The highest BCUT2D eigenvalue weighted by atomic mass is 79.9. The molecule has 0 radical (unpaired) electrons. The molecule has 2 aromatic rings. The van der Waals surface area contributed by atoms with Gasteiger partial charge in [-0.15, -0.1) is 0 Å². The van der Waals surface area contributed by atoms with Crippen molar-refractivity contribution < 1.29 is 9.84 Å². The van der Waals surface area contributed by atoms with Crippen LogP contribution in [0.5, 0.6) is 5.75 Å². The summed E-state index contributed by atoms with van der Waals surface area (Å²) in [5.41, 5.74) is 1.85. The van der Waals surface area contributed by atoms with Gasteiger partial charge in [-0.2, -0.15) is 0 Å². The van der Waals surface area contributed by atoms with Crippen molar-refractivity contribution >= 4 is 15.9 Å². The van der Waals surface area contributed by atoms with Crippen LogP contribution in [0.1, 0.15) is 24.2 Å². The number of aliphatic hydroxyl groups excluding tert-OH is 1. The Labute approximate surface area is 121 Å². The number of ether oxygens (including phenoxy) is 1. The van der Waals surface area contributed by atoms with Gasteiger partial charge in [0, 0.05) is 22.7 Å². The van der Waals surface area contributed by atoms with Crippen LogP contribution in [0.25, 0.3) is 0 Å². The number of aromatic nitrogens is 1. The van der Waals surface area contributed by atoms with E-state index >= 15 is 0 Å². The molecule has 1 aromatic carbocycles. The summed E-state index contributed by atoms with van der Waals surface area (Å²) in [7, 11) is 0. The third kappa shape index (κ3) is 4.04. The molecule has 0 aliphatic rings. The minimum Gasteiger partial charge on any atom is -0.492 e. The van der Waals surface area contributed by atoms with Crippen LogP contribution >= 0.6 is 15.9 Å². The van der Waals surface area contributed by atoms with E-state index in [4.69, 9.17) is 4.74 Å². The molecule has 0 aliphatic carbocycles. The Balaban J connectivity index is 2.08. The van der Waals surface area contributed by atoms with Gasteiger partial charge in [0.2, 0.25) is 0 Å². The number of halogens is 1. The van der Waals surface area contributed by atoms with Gasteiger partial charge in [0.1, 0.15) is 5.75 Å².